The Morgan fingerprint density at radius 1 is 1.10 bits per heavy atom. The van der Waals surface area contributed by atoms with Gasteiger partial charge < -0.3 is 14.8 Å². The molecule has 0 aliphatic carbocycles. The van der Waals surface area contributed by atoms with Crippen LogP contribution in [0.5, 0.6) is 11.5 Å². The van der Waals surface area contributed by atoms with Gasteiger partial charge in [0.2, 0.25) is 0 Å². The Kier molecular flexibility index (Phi) is 5.07. The van der Waals surface area contributed by atoms with Gasteiger partial charge in [0.05, 0.1) is 25.9 Å². The number of ether oxygens (including phenoxy) is 2. The van der Waals surface area contributed by atoms with Crippen LogP contribution in [-0.2, 0) is 0 Å². The summed E-state index contributed by atoms with van der Waals surface area (Å²) in [7, 11) is 3.19. The van der Waals surface area contributed by atoms with E-state index < -0.39 is 0 Å². The Balaban J connectivity index is 2.30. The average Bonchev–Trinajstić information content (AvgIpc) is 2.49. The number of halogens is 2. The van der Waals surface area contributed by atoms with Crippen LogP contribution in [0.4, 0.5) is 10.1 Å². The van der Waals surface area contributed by atoms with E-state index in [1.54, 1.807) is 26.4 Å². The molecule has 0 saturated carbocycles. The number of hydrogen-bond acceptors (Lipinski definition) is 3. The molecule has 112 valence electrons. The Labute approximate surface area is 132 Å². The maximum atomic E-state index is 13.9. The third-order valence-corrected chi connectivity index (χ3v) is 3.70. The third-order valence-electron chi connectivity index (χ3n) is 3.20. The second-order valence-corrected chi connectivity index (χ2v) is 5.51. The molecule has 1 N–H and O–H groups in total. The van der Waals surface area contributed by atoms with Crippen molar-refractivity contribution in [2.24, 2.45) is 0 Å². The summed E-state index contributed by atoms with van der Waals surface area (Å²) >= 11 is 3.36. The first-order valence-corrected chi connectivity index (χ1v) is 7.28. The summed E-state index contributed by atoms with van der Waals surface area (Å²) in [5, 5.41) is 3.25. The molecular weight excluding hydrogens is 337 g/mol. The summed E-state index contributed by atoms with van der Waals surface area (Å²) in [6, 6.07) is 10.1. The molecule has 0 aliphatic rings. The average molecular weight is 354 g/mol. The molecule has 2 aromatic carbocycles. The van der Waals surface area contributed by atoms with Crippen molar-refractivity contribution in [1.82, 2.24) is 0 Å². The zero-order chi connectivity index (χ0) is 15.4. The molecule has 21 heavy (non-hydrogen) atoms. The molecule has 0 aliphatic heterocycles. The van der Waals surface area contributed by atoms with E-state index in [4.69, 9.17) is 9.47 Å². The molecule has 0 radical (unpaired) electrons. The molecule has 3 nitrogen and oxygen atoms in total. The molecule has 2 aromatic rings. The monoisotopic (exact) mass is 353 g/mol. The predicted molar refractivity (Wildman–Crippen MR) is 85.7 cm³/mol. The summed E-state index contributed by atoms with van der Waals surface area (Å²) in [6.45, 7) is 1.89. The first-order chi connectivity index (χ1) is 10.0. The van der Waals surface area contributed by atoms with Crippen molar-refractivity contribution in [3.05, 3.63) is 52.3 Å². The van der Waals surface area contributed by atoms with Crippen LogP contribution in [0.15, 0.2) is 40.9 Å². The van der Waals surface area contributed by atoms with Gasteiger partial charge in [-0.15, -0.1) is 0 Å². The number of benzene rings is 2. The van der Waals surface area contributed by atoms with Gasteiger partial charge in [-0.3, -0.25) is 0 Å². The minimum Gasteiger partial charge on any atom is -0.497 e. The van der Waals surface area contributed by atoms with Crippen molar-refractivity contribution >= 4 is 21.6 Å². The largest absolute Gasteiger partial charge is 0.497 e. The van der Waals surface area contributed by atoms with E-state index in [2.05, 4.69) is 21.2 Å². The maximum absolute atomic E-state index is 13.9. The normalized spacial score (nSPS) is 11.9. The van der Waals surface area contributed by atoms with Crippen molar-refractivity contribution in [2.75, 3.05) is 19.5 Å². The van der Waals surface area contributed by atoms with Gasteiger partial charge in [0, 0.05) is 16.1 Å². The van der Waals surface area contributed by atoms with Crippen LogP contribution >= 0.6 is 15.9 Å². The Morgan fingerprint density at radius 2 is 1.86 bits per heavy atom. The zero-order valence-electron chi connectivity index (χ0n) is 12.1. The predicted octanol–water partition coefficient (Wildman–Crippen LogP) is 4.78. The molecule has 0 amide bonds. The summed E-state index contributed by atoms with van der Waals surface area (Å²) in [5.74, 6) is 1.14. The summed E-state index contributed by atoms with van der Waals surface area (Å²) < 4.78 is 25.3. The fourth-order valence-corrected chi connectivity index (χ4v) is 2.46. The first-order valence-electron chi connectivity index (χ1n) is 6.48. The van der Waals surface area contributed by atoms with Crippen LogP contribution in [-0.4, -0.2) is 14.2 Å². The second-order valence-electron chi connectivity index (χ2n) is 4.60. The molecular formula is C16H17BrFNO2. The molecule has 0 fully saturated rings. The molecule has 2 rings (SSSR count). The minimum atomic E-state index is -0.250. The summed E-state index contributed by atoms with van der Waals surface area (Å²) in [5.41, 5.74) is 1.33. The van der Waals surface area contributed by atoms with Gasteiger partial charge in [-0.1, -0.05) is 15.9 Å². The number of hydrogen-bond donors (Lipinski definition) is 1. The van der Waals surface area contributed by atoms with E-state index >= 15 is 0 Å². The lowest BCUT2D eigenvalue weighted by Gasteiger charge is -2.19. The molecule has 0 bridgehead atoms. The van der Waals surface area contributed by atoms with Gasteiger partial charge in [0.1, 0.15) is 17.3 Å². The lowest BCUT2D eigenvalue weighted by Crippen LogP contribution is -2.09. The minimum absolute atomic E-state index is 0.219. The lowest BCUT2D eigenvalue weighted by molar-refractivity contribution is 0.404. The smallest absolute Gasteiger partial charge is 0.142 e. The number of rotatable bonds is 5. The van der Waals surface area contributed by atoms with Crippen LogP contribution < -0.4 is 14.8 Å². The molecule has 0 saturated heterocycles. The highest BCUT2D eigenvalue weighted by Crippen LogP contribution is 2.32. The van der Waals surface area contributed by atoms with Gasteiger partial charge in [0.15, 0.2) is 0 Å². The molecule has 5 heteroatoms. The Morgan fingerprint density at radius 3 is 2.52 bits per heavy atom. The molecule has 1 unspecified atom stereocenters. The summed E-state index contributed by atoms with van der Waals surface area (Å²) in [4.78, 5) is 0. The van der Waals surface area contributed by atoms with Crippen LogP contribution in [0.1, 0.15) is 18.5 Å². The lowest BCUT2D eigenvalue weighted by atomic mass is 10.1. The first kappa shape index (κ1) is 15.6. The van der Waals surface area contributed by atoms with E-state index in [1.165, 1.54) is 6.07 Å². The SMILES string of the molecule is COc1ccc(OC)c(NC(C)c2cc(Br)ccc2F)c1. The highest BCUT2D eigenvalue weighted by atomic mass is 79.9. The van der Waals surface area contributed by atoms with Gasteiger partial charge in [-0.05, 0) is 37.3 Å². The Bertz CT molecular complexity index is 634. The van der Waals surface area contributed by atoms with E-state index in [0.717, 1.165) is 10.2 Å². The number of anilines is 1. The third kappa shape index (κ3) is 3.67. The van der Waals surface area contributed by atoms with Crippen LogP contribution in [0.25, 0.3) is 0 Å². The summed E-state index contributed by atoms with van der Waals surface area (Å²) in [6.07, 6.45) is 0. The number of nitrogens with one attached hydrogen (secondary N) is 1. The van der Waals surface area contributed by atoms with Crippen LogP contribution in [0.2, 0.25) is 0 Å². The van der Waals surface area contributed by atoms with Crippen molar-refractivity contribution < 1.29 is 13.9 Å². The standard InChI is InChI=1S/C16H17BrFNO2/c1-10(13-8-11(17)4-6-14(13)18)19-15-9-12(20-2)5-7-16(15)21-3/h4-10,19H,1-3H3. The van der Waals surface area contributed by atoms with Crippen LogP contribution in [0.3, 0.4) is 0 Å². The van der Waals surface area contributed by atoms with E-state index in [9.17, 15) is 4.39 Å². The quantitative estimate of drug-likeness (QED) is 0.838. The van der Waals surface area contributed by atoms with Crippen molar-refractivity contribution in [3.8, 4) is 11.5 Å². The fourth-order valence-electron chi connectivity index (χ4n) is 2.08. The zero-order valence-corrected chi connectivity index (χ0v) is 13.7. The maximum Gasteiger partial charge on any atom is 0.142 e. The molecule has 0 aromatic heterocycles. The molecule has 0 heterocycles. The van der Waals surface area contributed by atoms with Crippen molar-refractivity contribution in [1.29, 1.82) is 0 Å². The molecule has 1 atom stereocenters. The van der Waals surface area contributed by atoms with E-state index in [0.29, 0.717) is 17.1 Å². The highest BCUT2D eigenvalue weighted by molar-refractivity contribution is 9.10. The highest BCUT2D eigenvalue weighted by Gasteiger charge is 2.14. The second kappa shape index (κ2) is 6.80. The Hall–Kier alpha value is -1.75. The van der Waals surface area contributed by atoms with E-state index in [-0.39, 0.29) is 11.9 Å². The van der Waals surface area contributed by atoms with Gasteiger partial charge in [-0.2, -0.15) is 0 Å². The van der Waals surface area contributed by atoms with Gasteiger partial charge in [0.25, 0.3) is 0 Å². The van der Waals surface area contributed by atoms with Gasteiger partial charge in [-0.25, -0.2) is 4.39 Å². The van der Waals surface area contributed by atoms with Crippen molar-refractivity contribution in [3.63, 3.8) is 0 Å². The van der Waals surface area contributed by atoms with E-state index in [1.807, 2.05) is 25.1 Å². The van der Waals surface area contributed by atoms with Crippen LogP contribution in [0, 0.1) is 5.82 Å². The fraction of sp³-hybridized carbons (Fsp3) is 0.250. The molecule has 0 spiro atoms. The topological polar surface area (TPSA) is 30.5 Å². The van der Waals surface area contributed by atoms with Gasteiger partial charge >= 0.3 is 0 Å². The number of methoxy groups -OCH3 is 2. The van der Waals surface area contributed by atoms with Crippen molar-refractivity contribution in [2.45, 2.75) is 13.0 Å².